The molecule has 0 bridgehead atoms. The Morgan fingerprint density at radius 1 is 1.07 bits per heavy atom. The van der Waals surface area contributed by atoms with Gasteiger partial charge in [-0.2, -0.15) is 0 Å². The van der Waals surface area contributed by atoms with Gasteiger partial charge in [-0.25, -0.2) is 4.79 Å². The lowest BCUT2D eigenvalue weighted by Crippen LogP contribution is -2.33. The molecule has 1 unspecified atom stereocenters. The molecule has 0 saturated carbocycles. The van der Waals surface area contributed by atoms with Gasteiger partial charge >= 0.3 is 6.03 Å². The minimum atomic E-state index is -0.108. The molecule has 5 nitrogen and oxygen atoms in total. The highest BCUT2D eigenvalue weighted by Crippen LogP contribution is 2.28. The van der Waals surface area contributed by atoms with E-state index in [2.05, 4.69) is 31.3 Å². The number of likely N-dealkylation sites (tertiary alicyclic amines) is 1. The molecule has 1 aliphatic heterocycles. The van der Waals surface area contributed by atoms with E-state index in [0.29, 0.717) is 36.0 Å². The molecule has 29 heavy (non-hydrogen) atoms. The Labute approximate surface area is 171 Å². The molecular formula is C24H27N3O2. The number of fused-ring (bicyclic) bond motifs is 1. The van der Waals surface area contributed by atoms with Crippen molar-refractivity contribution in [2.24, 2.45) is 5.92 Å². The molecule has 0 radical (unpaired) electrons. The van der Waals surface area contributed by atoms with Crippen molar-refractivity contribution in [3.05, 3.63) is 76.7 Å². The first-order valence-electron chi connectivity index (χ1n) is 10.3. The maximum absolute atomic E-state index is 13.0. The van der Waals surface area contributed by atoms with Crippen LogP contribution in [0.25, 0.3) is 10.8 Å². The Balaban J connectivity index is 1.58. The highest BCUT2D eigenvalue weighted by atomic mass is 16.2. The lowest BCUT2D eigenvalue weighted by molar-refractivity contribution is 0.222. The molecule has 0 spiro atoms. The van der Waals surface area contributed by atoms with Gasteiger partial charge in [0, 0.05) is 42.5 Å². The summed E-state index contributed by atoms with van der Waals surface area (Å²) in [4.78, 5) is 27.6. The van der Waals surface area contributed by atoms with Gasteiger partial charge in [-0.15, -0.1) is 0 Å². The summed E-state index contributed by atoms with van der Waals surface area (Å²) in [7, 11) is 0. The lowest BCUT2D eigenvalue weighted by atomic mass is 9.99. The fourth-order valence-electron chi connectivity index (χ4n) is 4.11. The van der Waals surface area contributed by atoms with E-state index in [1.165, 1.54) is 5.56 Å². The van der Waals surface area contributed by atoms with Crippen LogP contribution >= 0.6 is 0 Å². The van der Waals surface area contributed by atoms with Gasteiger partial charge < -0.3 is 14.8 Å². The van der Waals surface area contributed by atoms with Gasteiger partial charge in [0.1, 0.15) is 0 Å². The summed E-state index contributed by atoms with van der Waals surface area (Å²) >= 11 is 0. The maximum atomic E-state index is 13.0. The van der Waals surface area contributed by atoms with Crippen molar-refractivity contribution in [1.29, 1.82) is 0 Å². The molecule has 1 aliphatic rings. The number of aromatic nitrogens is 1. The maximum Gasteiger partial charge on any atom is 0.321 e. The average Bonchev–Trinajstić information content (AvgIpc) is 3.22. The predicted molar refractivity (Wildman–Crippen MR) is 117 cm³/mol. The minimum Gasteiger partial charge on any atom is -0.324 e. The molecular weight excluding hydrogens is 362 g/mol. The number of hydrogen-bond donors (Lipinski definition) is 1. The highest BCUT2D eigenvalue weighted by molar-refractivity contribution is 6.01. The van der Waals surface area contributed by atoms with Crippen LogP contribution in [0.1, 0.15) is 31.7 Å². The molecule has 2 heterocycles. The highest BCUT2D eigenvalue weighted by Gasteiger charge is 2.27. The van der Waals surface area contributed by atoms with Crippen molar-refractivity contribution in [2.75, 3.05) is 18.4 Å². The zero-order valence-electron chi connectivity index (χ0n) is 17.0. The number of hydrogen-bond acceptors (Lipinski definition) is 2. The van der Waals surface area contributed by atoms with E-state index in [4.69, 9.17) is 0 Å². The monoisotopic (exact) mass is 389 g/mol. The second-order valence-electron chi connectivity index (χ2n) is 8.21. The fourth-order valence-corrected chi connectivity index (χ4v) is 4.11. The molecule has 2 aromatic carbocycles. The van der Waals surface area contributed by atoms with Gasteiger partial charge in [-0.05, 0) is 24.0 Å². The van der Waals surface area contributed by atoms with E-state index in [1.807, 2.05) is 47.4 Å². The summed E-state index contributed by atoms with van der Waals surface area (Å²) < 4.78 is 1.71. The first kappa shape index (κ1) is 19.2. The number of nitrogens with zero attached hydrogens (tertiary/aromatic N) is 2. The van der Waals surface area contributed by atoms with Crippen LogP contribution in [0.5, 0.6) is 0 Å². The molecule has 4 rings (SSSR count). The van der Waals surface area contributed by atoms with Gasteiger partial charge in [0.25, 0.3) is 5.56 Å². The number of rotatable bonds is 4. The number of nitrogens with one attached hydrogen (secondary N) is 1. The molecule has 1 atom stereocenters. The summed E-state index contributed by atoms with van der Waals surface area (Å²) in [5, 5.41) is 4.48. The largest absolute Gasteiger partial charge is 0.324 e. The van der Waals surface area contributed by atoms with Crippen LogP contribution in [0, 0.1) is 5.92 Å². The third kappa shape index (κ3) is 4.04. The molecule has 1 fully saturated rings. The molecule has 0 aliphatic carbocycles. The van der Waals surface area contributed by atoms with Crippen LogP contribution in [0.15, 0.2) is 65.6 Å². The topological polar surface area (TPSA) is 54.3 Å². The molecule has 2 amide bonds. The Hall–Kier alpha value is -3.08. The second kappa shape index (κ2) is 8.11. The van der Waals surface area contributed by atoms with E-state index in [-0.39, 0.29) is 11.6 Å². The van der Waals surface area contributed by atoms with Crippen molar-refractivity contribution < 1.29 is 4.79 Å². The summed E-state index contributed by atoms with van der Waals surface area (Å²) in [6.07, 6.45) is 2.75. The third-order valence-corrected chi connectivity index (χ3v) is 5.54. The second-order valence-corrected chi connectivity index (χ2v) is 8.21. The molecule has 1 aromatic heterocycles. The van der Waals surface area contributed by atoms with Gasteiger partial charge in [0.05, 0.1) is 5.69 Å². The van der Waals surface area contributed by atoms with E-state index in [0.717, 1.165) is 18.4 Å². The Bertz CT molecular complexity index is 1070. The van der Waals surface area contributed by atoms with Crippen molar-refractivity contribution in [2.45, 2.75) is 32.7 Å². The number of anilines is 1. The molecule has 150 valence electrons. The van der Waals surface area contributed by atoms with Crippen molar-refractivity contribution in [3.63, 3.8) is 0 Å². The minimum absolute atomic E-state index is 0.0161. The number of pyridine rings is 1. The van der Waals surface area contributed by atoms with Crippen LogP contribution in [0.2, 0.25) is 0 Å². The quantitative estimate of drug-likeness (QED) is 0.704. The van der Waals surface area contributed by atoms with Crippen LogP contribution in [-0.4, -0.2) is 28.6 Å². The zero-order chi connectivity index (χ0) is 20.4. The first-order valence-corrected chi connectivity index (χ1v) is 10.3. The Morgan fingerprint density at radius 2 is 1.76 bits per heavy atom. The fraction of sp³-hybridized carbons (Fsp3) is 0.333. The third-order valence-electron chi connectivity index (χ3n) is 5.54. The van der Waals surface area contributed by atoms with Gasteiger partial charge in [0.15, 0.2) is 0 Å². The Kier molecular flexibility index (Phi) is 5.38. The van der Waals surface area contributed by atoms with Crippen LogP contribution < -0.4 is 10.9 Å². The summed E-state index contributed by atoms with van der Waals surface area (Å²) in [6, 6.07) is 17.7. The van der Waals surface area contributed by atoms with Crippen LogP contribution in [-0.2, 0) is 6.54 Å². The van der Waals surface area contributed by atoms with Crippen LogP contribution in [0.3, 0.4) is 0 Å². The smallest absolute Gasteiger partial charge is 0.321 e. The van der Waals surface area contributed by atoms with Crippen molar-refractivity contribution >= 4 is 22.5 Å². The zero-order valence-corrected chi connectivity index (χ0v) is 17.0. The standard InChI is InChI=1S/C24H27N3O2/c1-17(2)14-27-16-22(20-10-6-7-11-21(20)23(27)28)25-24(29)26-13-12-19(15-26)18-8-4-3-5-9-18/h3-11,16-17,19H,12-15H2,1-2H3,(H,25,29). The number of carbonyl (C=O) groups is 1. The number of urea groups is 1. The van der Waals surface area contributed by atoms with Crippen LogP contribution in [0.4, 0.5) is 10.5 Å². The van der Waals surface area contributed by atoms with E-state index in [9.17, 15) is 9.59 Å². The summed E-state index contributed by atoms with van der Waals surface area (Å²) in [6.45, 7) is 6.21. The van der Waals surface area contributed by atoms with E-state index < -0.39 is 0 Å². The number of amides is 2. The average molecular weight is 389 g/mol. The van der Waals surface area contributed by atoms with Crippen molar-refractivity contribution in [1.82, 2.24) is 9.47 Å². The molecule has 5 heteroatoms. The van der Waals surface area contributed by atoms with Gasteiger partial charge in [-0.1, -0.05) is 62.4 Å². The predicted octanol–water partition coefficient (Wildman–Crippen LogP) is 4.68. The normalized spacial score (nSPS) is 16.5. The number of carbonyl (C=O) groups excluding carboxylic acids is 1. The molecule has 1 saturated heterocycles. The van der Waals surface area contributed by atoms with E-state index >= 15 is 0 Å². The molecule has 1 N–H and O–H groups in total. The van der Waals surface area contributed by atoms with Gasteiger partial charge in [0.2, 0.25) is 0 Å². The lowest BCUT2D eigenvalue weighted by Gasteiger charge is -2.20. The SMILES string of the molecule is CC(C)Cn1cc(NC(=O)N2CCC(c3ccccc3)C2)c2ccccc2c1=O. The number of benzene rings is 2. The summed E-state index contributed by atoms with van der Waals surface area (Å²) in [5.41, 5.74) is 1.95. The van der Waals surface area contributed by atoms with Crippen molar-refractivity contribution in [3.8, 4) is 0 Å². The van der Waals surface area contributed by atoms with E-state index in [1.54, 1.807) is 10.8 Å². The van der Waals surface area contributed by atoms with Gasteiger partial charge in [-0.3, -0.25) is 4.79 Å². The first-order chi connectivity index (χ1) is 14.0. The Morgan fingerprint density at radius 3 is 2.48 bits per heavy atom. The summed E-state index contributed by atoms with van der Waals surface area (Å²) in [5.74, 6) is 0.705. The molecule has 3 aromatic rings.